The summed E-state index contributed by atoms with van der Waals surface area (Å²) in [5.74, 6) is 0.536. The average molecular weight is 170 g/mol. The monoisotopic (exact) mass is 170 g/mol. The van der Waals surface area contributed by atoms with Crippen LogP contribution in [0.25, 0.3) is 0 Å². The molecule has 0 aromatic heterocycles. The van der Waals surface area contributed by atoms with Crippen molar-refractivity contribution in [3.05, 3.63) is 12.7 Å². The molecule has 0 N–H and O–H groups in total. The van der Waals surface area contributed by atoms with Crippen molar-refractivity contribution in [3.8, 4) is 0 Å². The van der Waals surface area contributed by atoms with Gasteiger partial charge in [-0.1, -0.05) is 18.9 Å². The highest BCUT2D eigenvalue weighted by atomic mass is 16.7. The van der Waals surface area contributed by atoms with Gasteiger partial charge in [0.2, 0.25) is 0 Å². The predicted octanol–water partition coefficient (Wildman–Crippen LogP) is 2.35. The molecule has 0 radical (unpaired) electrons. The molecule has 1 fully saturated rings. The van der Waals surface area contributed by atoms with Crippen molar-refractivity contribution in [2.75, 3.05) is 13.9 Å². The van der Waals surface area contributed by atoms with Gasteiger partial charge in [0.25, 0.3) is 0 Å². The van der Waals surface area contributed by atoms with Gasteiger partial charge >= 0.3 is 0 Å². The van der Waals surface area contributed by atoms with E-state index in [9.17, 15) is 0 Å². The fraction of sp³-hybridized carbons (Fsp3) is 0.800. The van der Waals surface area contributed by atoms with Crippen LogP contribution in [0.5, 0.6) is 0 Å². The first-order valence-electron chi connectivity index (χ1n) is 4.61. The van der Waals surface area contributed by atoms with Gasteiger partial charge in [-0.2, -0.15) is 0 Å². The van der Waals surface area contributed by atoms with E-state index in [4.69, 9.17) is 9.47 Å². The Labute approximate surface area is 74.6 Å². The minimum Gasteiger partial charge on any atom is -0.359 e. The van der Waals surface area contributed by atoms with E-state index >= 15 is 0 Å². The summed E-state index contributed by atoms with van der Waals surface area (Å²) in [5.41, 5.74) is 0. The molecule has 1 saturated carbocycles. The summed E-state index contributed by atoms with van der Waals surface area (Å²) in [6.45, 7) is 4.23. The van der Waals surface area contributed by atoms with Gasteiger partial charge in [0, 0.05) is 13.0 Å². The van der Waals surface area contributed by atoms with Crippen LogP contribution in [0.2, 0.25) is 0 Å². The molecule has 1 rings (SSSR count). The zero-order valence-electron chi connectivity index (χ0n) is 7.79. The average Bonchev–Trinajstić information content (AvgIpc) is 2.15. The van der Waals surface area contributed by atoms with Crippen LogP contribution in [-0.2, 0) is 9.47 Å². The summed E-state index contributed by atoms with van der Waals surface area (Å²) in [6, 6.07) is 0. The van der Waals surface area contributed by atoms with Crippen LogP contribution in [0, 0.1) is 5.92 Å². The van der Waals surface area contributed by atoms with Crippen molar-refractivity contribution in [1.82, 2.24) is 0 Å². The first kappa shape index (κ1) is 9.75. The Balaban J connectivity index is 2.31. The third kappa shape index (κ3) is 2.61. The smallest absolute Gasteiger partial charge is 0.146 e. The fourth-order valence-electron chi connectivity index (χ4n) is 1.76. The molecule has 2 heteroatoms. The van der Waals surface area contributed by atoms with E-state index in [1.165, 1.54) is 19.3 Å². The number of rotatable bonds is 4. The second-order valence-corrected chi connectivity index (χ2v) is 3.30. The van der Waals surface area contributed by atoms with Crippen LogP contribution in [0.1, 0.15) is 25.7 Å². The maximum absolute atomic E-state index is 5.54. The number of hydrogen-bond donors (Lipinski definition) is 0. The van der Waals surface area contributed by atoms with E-state index in [2.05, 4.69) is 6.58 Å². The molecule has 70 valence electrons. The molecule has 0 aromatic carbocycles. The Bertz CT molecular complexity index is 134. The van der Waals surface area contributed by atoms with Crippen molar-refractivity contribution < 1.29 is 9.47 Å². The molecule has 0 saturated heterocycles. The molecule has 0 unspecified atom stereocenters. The molecule has 2 atom stereocenters. The van der Waals surface area contributed by atoms with E-state index < -0.39 is 0 Å². The molecular weight excluding hydrogens is 152 g/mol. The van der Waals surface area contributed by atoms with Crippen LogP contribution in [0.3, 0.4) is 0 Å². The SMILES string of the molecule is C=C[C@H]1CCCC[C@@H]1OCOC. The summed E-state index contributed by atoms with van der Waals surface area (Å²) in [6.07, 6.45) is 7.32. The first-order chi connectivity index (χ1) is 5.88. The second kappa shape index (κ2) is 5.33. The lowest BCUT2D eigenvalue weighted by molar-refractivity contribution is -0.0945. The van der Waals surface area contributed by atoms with Crippen LogP contribution >= 0.6 is 0 Å². The van der Waals surface area contributed by atoms with Gasteiger partial charge in [0.1, 0.15) is 6.79 Å². The molecular formula is C10H18O2. The second-order valence-electron chi connectivity index (χ2n) is 3.30. The maximum Gasteiger partial charge on any atom is 0.146 e. The van der Waals surface area contributed by atoms with Gasteiger partial charge in [-0.25, -0.2) is 0 Å². The van der Waals surface area contributed by atoms with Crippen LogP contribution in [-0.4, -0.2) is 20.0 Å². The van der Waals surface area contributed by atoms with Crippen molar-refractivity contribution in [2.24, 2.45) is 5.92 Å². The summed E-state index contributed by atoms with van der Waals surface area (Å²) >= 11 is 0. The van der Waals surface area contributed by atoms with Crippen LogP contribution in [0.4, 0.5) is 0 Å². The van der Waals surface area contributed by atoms with E-state index in [0.29, 0.717) is 18.8 Å². The number of ether oxygens (including phenoxy) is 2. The highest BCUT2D eigenvalue weighted by Gasteiger charge is 2.22. The molecule has 12 heavy (non-hydrogen) atoms. The van der Waals surface area contributed by atoms with Crippen molar-refractivity contribution in [1.29, 1.82) is 0 Å². The molecule has 0 spiro atoms. The van der Waals surface area contributed by atoms with Gasteiger partial charge in [-0.05, 0) is 12.8 Å². The quantitative estimate of drug-likeness (QED) is 0.476. The van der Waals surface area contributed by atoms with Gasteiger partial charge in [-0.15, -0.1) is 6.58 Å². The number of methoxy groups -OCH3 is 1. The van der Waals surface area contributed by atoms with Gasteiger partial charge < -0.3 is 9.47 Å². The van der Waals surface area contributed by atoms with E-state index in [1.54, 1.807) is 7.11 Å². The van der Waals surface area contributed by atoms with Crippen molar-refractivity contribution in [3.63, 3.8) is 0 Å². The Kier molecular flexibility index (Phi) is 4.33. The zero-order chi connectivity index (χ0) is 8.81. The lowest BCUT2D eigenvalue weighted by atomic mass is 9.86. The van der Waals surface area contributed by atoms with Crippen molar-refractivity contribution >= 4 is 0 Å². The molecule has 1 aliphatic carbocycles. The highest BCUT2D eigenvalue weighted by molar-refractivity contribution is 4.88. The summed E-state index contributed by atoms with van der Waals surface area (Å²) in [5, 5.41) is 0. The van der Waals surface area contributed by atoms with Gasteiger partial charge in [0.05, 0.1) is 6.10 Å². The molecule has 2 nitrogen and oxygen atoms in total. The first-order valence-corrected chi connectivity index (χ1v) is 4.61. The minimum absolute atomic E-state index is 0.344. The fourth-order valence-corrected chi connectivity index (χ4v) is 1.76. The van der Waals surface area contributed by atoms with E-state index in [-0.39, 0.29) is 0 Å². The molecule has 0 aromatic rings. The molecule has 0 amide bonds. The van der Waals surface area contributed by atoms with Crippen LogP contribution in [0.15, 0.2) is 12.7 Å². The third-order valence-electron chi connectivity index (χ3n) is 2.46. The largest absolute Gasteiger partial charge is 0.359 e. The lowest BCUT2D eigenvalue weighted by Gasteiger charge is -2.28. The number of hydrogen-bond acceptors (Lipinski definition) is 2. The predicted molar refractivity (Wildman–Crippen MR) is 48.9 cm³/mol. The molecule has 1 aliphatic rings. The molecule has 0 bridgehead atoms. The Morgan fingerprint density at radius 1 is 1.42 bits per heavy atom. The Morgan fingerprint density at radius 2 is 2.17 bits per heavy atom. The lowest BCUT2D eigenvalue weighted by Crippen LogP contribution is -2.26. The zero-order valence-corrected chi connectivity index (χ0v) is 7.79. The minimum atomic E-state index is 0.344. The summed E-state index contributed by atoms with van der Waals surface area (Å²) < 4.78 is 10.4. The summed E-state index contributed by atoms with van der Waals surface area (Å²) in [4.78, 5) is 0. The Morgan fingerprint density at radius 3 is 2.83 bits per heavy atom. The Hall–Kier alpha value is -0.340. The van der Waals surface area contributed by atoms with E-state index in [0.717, 1.165) is 6.42 Å². The maximum atomic E-state index is 5.54. The van der Waals surface area contributed by atoms with E-state index in [1.807, 2.05) is 6.08 Å². The van der Waals surface area contributed by atoms with Crippen molar-refractivity contribution in [2.45, 2.75) is 31.8 Å². The standard InChI is InChI=1S/C10H18O2/c1-3-9-6-4-5-7-10(9)12-8-11-2/h3,9-10H,1,4-8H2,2H3/t9-,10-/m0/s1. The normalized spacial score (nSPS) is 30.1. The van der Waals surface area contributed by atoms with Gasteiger partial charge in [0.15, 0.2) is 0 Å². The third-order valence-corrected chi connectivity index (χ3v) is 2.46. The highest BCUT2D eigenvalue weighted by Crippen LogP contribution is 2.27. The molecule has 0 heterocycles. The van der Waals surface area contributed by atoms with Gasteiger partial charge in [-0.3, -0.25) is 0 Å². The summed E-state index contributed by atoms with van der Waals surface area (Å²) in [7, 11) is 1.66. The molecule has 0 aliphatic heterocycles. The van der Waals surface area contributed by atoms with Crippen LogP contribution < -0.4 is 0 Å². The topological polar surface area (TPSA) is 18.5 Å².